The molecule has 0 heterocycles. The van der Waals surface area contributed by atoms with Gasteiger partial charge in [0.2, 0.25) is 0 Å². The van der Waals surface area contributed by atoms with Gasteiger partial charge in [-0.15, -0.1) is 0 Å². The Morgan fingerprint density at radius 1 is 1.70 bits per heavy atom. The fourth-order valence-electron chi connectivity index (χ4n) is 0.642. The molecule has 1 aromatic carbocycles. The van der Waals surface area contributed by atoms with Gasteiger partial charge in [-0.1, -0.05) is 17.7 Å². The van der Waals surface area contributed by atoms with Gasteiger partial charge in [-0.3, -0.25) is 4.79 Å². The van der Waals surface area contributed by atoms with E-state index in [-0.39, 0.29) is 5.78 Å². The topological polar surface area (TPSA) is 17.1 Å². The van der Waals surface area contributed by atoms with Crippen LogP contribution in [0.2, 0.25) is 5.02 Å². The van der Waals surface area contributed by atoms with Gasteiger partial charge in [-0.2, -0.15) is 0 Å². The normalized spacial score (nSPS) is 9.40. The third-order valence-corrected chi connectivity index (χ3v) is 1.38. The van der Waals surface area contributed by atoms with E-state index in [2.05, 4.69) is 6.07 Å². The van der Waals surface area contributed by atoms with Gasteiger partial charge in [0, 0.05) is 10.6 Å². The highest BCUT2D eigenvalue weighted by molar-refractivity contribution is 6.30. The van der Waals surface area contributed by atoms with Gasteiger partial charge in [-0.25, -0.2) is 0 Å². The summed E-state index contributed by atoms with van der Waals surface area (Å²) < 4.78 is 0. The maximum Gasteiger partial charge on any atom is 0.160 e. The van der Waals surface area contributed by atoms with Crippen LogP contribution in [0.15, 0.2) is 18.2 Å². The second-order valence-electron chi connectivity index (χ2n) is 1.98. The first-order valence-electron chi connectivity index (χ1n) is 2.88. The summed E-state index contributed by atoms with van der Waals surface area (Å²) >= 11 is 5.62. The smallest absolute Gasteiger partial charge is 0.160 e. The minimum atomic E-state index is -0.0116. The summed E-state index contributed by atoms with van der Waals surface area (Å²) in [6, 6.07) is 7.70. The van der Waals surface area contributed by atoms with Gasteiger partial charge >= 0.3 is 0 Å². The van der Waals surface area contributed by atoms with Crippen LogP contribution in [0.3, 0.4) is 0 Å². The zero-order valence-electron chi connectivity index (χ0n) is 5.52. The van der Waals surface area contributed by atoms with Crippen LogP contribution in [0, 0.1) is 6.07 Å². The Bertz CT molecular complexity index is 255. The van der Waals surface area contributed by atoms with E-state index in [1.807, 2.05) is 0 Å². The number of halogens is 1. The highest BCUT2D eigenvalue weighted by Crippen LogP contribution is 2.09. The Morgan fingerprint density at radius 3 is 2.80 bits per heavy atom. The van der Waals surface area contributed by atoms with Crippen molar-refractivity contribution >= 4 is 17.4 Å². The molecular weight excluding hydrogens is 148 g/mol. The lowest BCUT2D eigenvalue weighted by molar-refractivity contribution is 0.101. The molecule has 0 unspecified atom stereocenters. The monoisotopic (exact) mass is 153 g/mol. The van der Waals surface area contributed by atoms with Crippen molar-refractivity contribution in [3.63, 3.8) is 0 Å². The molecule has 0 fully saturated rings. The maximum atomic E-state index is 10.7. The quantitative estimate of drug-likeness (QED) is 0.566. The summed E-state index contributed by atoms with van der Waals surface area (Å²) in [7, 11) is 0. The summed E-state index contributed by atoms with van der Waals surface area (Å²) in [4.78, 5) is 10.7. The molecule has 1 rings (SSSR count). The molecule has 0 N–H and O–H groups in total. The molecule has 10 heavy (non-hydrogen) atoms. The number of Topliss-reactive ketones (excluding diaryl/α,β-unsaturated/α-hetero) is 1. The number of hydrogen-bond donors (Lipinski definition) is 0. The molecule has 1 aromatic rings. The molecule has 1 radical (unpaired) electrons. The Kier molecular flexibility index (Phi) is 2.07. The van der Waals surface area contributed by atoms with Crippen LogP contribution in [0.1, 0.15) is 17.3 Å². The first kappa shape index (κ1) is 7.29. The lowest BCUT2D eigenvalue weighted by atomic mass is 10.2. The molecule has 0 aliphatic heterocycles. The largest absolute Gasteiger partial charge is 0.294 e. The second-order valence-corrected chi connectivity index (χ2v) is 2.41. The first-order chi connectivity index (χ1) is 4.70. The van der Waals surface area contributed by atoms with E-state index in [1.165, 1.54) is 6.92 Å². The van der Waals surface area contributed by atoms with Crippen molar-refractivity contribution in [2.75, 3.05) is 0 Å². The van der Waals surface area contributed by atoms with Crippen molar-refractivity contribution in [3.05, 3.63) is 34.9 Å². The maximum absolute atomic E-state index is 10.7. The van der Waals surface area contributed by atoms with Crippen LogP contribution in [0.25, 0.3) is 0 Å². The number of benzene rings is 1. The Morgan fingerprint density at radius 2 is 2.40 bits per heavy atom. The fraction of sp³-hybridized carbons (Fsp3) is 0.125. The van der Waals surface area contributed by atoms with E-state index in [0.29, 0.717) is 10.6 Å². The van der Waals surface area contributed by atoms with Crippen molar-refractivity contribution in [3.8, 4) is 0 Å². The van der Waals surface area contributed by atoms with E-state index >= 15 is 0 Å². The van der Waals surface area contributed by atoms with Gasteiger partial charge in [0.05, 0.1) is 0 Å². The number of rotatable bonds is 1. The summed E-state index contributed by atoms with van der Waals surface area (Å²) in [6.07, 6.45) is 0. The van der Waals surface area contributed by atoms with E-state index in [9.17, 15) is 4.79 Å². The van der Waals surface area contributed by atoms with Gasteiger partial charge in [0.1, 0.15) is 0 Å². The zero-order valence-corrected chi connectivity index (χ0v) is 6.27. The molecule has 2 heteroatoms. The number of carbonyl (C=O) groups excluding carboxylic acids is 1. The molecule has 0 amide bonds. The molecule has 0 spiro atoms. The standard InChI is InChI=1S/C8H6ClO/c1-6(10)7-3-2-4-8(9)5-7/h2,4-5H,1H3. The molecule has 1 nitrogen and oxygen atoms in total. The molecule has 0 atom stereocenters. The van der Waals surface area contributed by atoms with E-state index in [4.69, 9.17) is 11.6 Å². The van der Waals surface area contributed by atoms with Crippen molar-refractivity contribution < 1.29 is 4.79 Å². The fourth-order valence-corrected chi connectivity index (χ4v) is 0.814. The third-order valence-electron chi connectivity index (χ3n) is 1.14. The molecular formula is C8H6ClO. The summed E-state index contributed by atoms with van der Waals surface area (Å²) in [5.41, 5.74) is 0.535. The van der Waals surface area contributed by atoms with Gasteiger partial charge in [0.15, 0.2) is 5.78 Å². The minimum absolute atomic E-state index is 0.0116. The van der Waals surface area contributed by atoms with Crippen molar-refractivity contribution in [1.29, 1.82) is 0 Å². The average molecular weight is 154 g/mol. The zero-order chi connectivity index (χ0) is 7.56. The van der Waals surface area contributed by atoms with E-state index < -0.39 is 0 Å². The predicted molar refractivity (Wildman–Crippen MR) is 40.3 cm³/mol. The number of hydrogen-bond acceptors (Lipinski definition) is 1. The lowest BCUT2D eigenvalue weighted by Gasteiger charge is -1.92. The van der Waals surface area contributed by atoms with Crippen LogP contribution >= 0.6 is 11.6 Å². The first-order valence-corrected chi connectivity index (χ1v) is 3.26. The molecule has 0 aromatic heterocycles. The molecule has 0 bridgehead atoms. The lowest BCUT2D eigenvalue weighted by Crippen LogP contribution is -1.90. The Balaban J connectivity index is 3.07. The van der Waals surface area contributed by atoms with Gasteiger partial charge in [-0.05, 0) is 25.1 Å². The molecule has 0 saturated carbocycles. The molecule has 0 aliphatic carbocycles. The number of carbonyl (C=O) groups is 1. The average Bonchev–Trinajstić information content (AvgIpc) is 1.88. The second kappa shape index (κ2) is 2.84. The van der Waals surface area contributed by atoms with Crippen LogP contribution in [0.4, 0.5) is 0 Å². The third kappa shape index (κ3) is 1.58. The molecule has 0 aliphatic rings. The van der Waals surface area contributed by atoms with Crippen molar-refractivity contribution in [2.45, 2.75) is 6.92 Å². The summed E-state index contributed by atoms with van der Waals surface area (Å²) in [6.45, 7) is 1.49. The van der Waals surface area contributed by atoms with Crippen LogP contribution in [0.5, 0.6) is 0 Å². The SMILES string of the molecule is CC(=O)c1[c]ccc(Cl)c1. The summed E-state index contributed by atoms with van der Waals surface area (Å²) in [5.74, 6) is -0.0116. The Labute approximate surface area is 64.6 Å². The minimum Gasteiger partial charge on any atom is -0.294 e. The highest BCUT2D eigenvalue weighted by Gasteiger charge is 1.97. The van der Waals surface area contributed by atoms with Crippen LogP contribution in [-0.2, 0) is 0 Å². The number of ketones is 1. The van der Waals surface area contributed by atoms with Crippen molar-refractivity contribution in [1.82, 2.24) is 0 Å². The van der Waals surface area contributed by atoms with E-state index in [1.54, 1.807) is 18.2 Å². The van der Waals surface area contributed by atoms with Crippen LogP contribution in [-0.4, -0.2) is 5.78 Å². The van der Waals surface area contributed by atoms with Gasteiger partial charge < -0.3 is 0 Å². The van der Waals surface area contributed by atoms with Crippen LogP contribution < -0.4 is 0 Å². The summed E-state index contributed by atoms with van der Waals surface area (Å²) in [5, 5.41) is 0.573. The van der Waals surface area contributed by atoms with Crippen molar-refractivity contribution in [2.24, 2.45) is 0 Å². The highest BCUT2D eigenvalue weighted by atomic mass is 35.5. The molecule has 51 valence electrons. The predicted octanol–water partition coefficient (Wildman–Crippen LogP) is 2.34. The Hall–Kier alpha value is -0.820. The van der Waals surface area contributed by atoms with E-state index in [0.717, 1.165) is 0 Å². The molecule has 0 saturated heterocycles. The van der Waals surface area contributed by atoms with Gasteiger partial charge in [0.25, 0.3) is 0 Å².